The molecule has 10 nitrogen and oxygen atoms in total. The first kappa shape index (κ1) is 17.0. The Morgan fingerprint density at radius 3 is 2.85 bits per heavy atom. The molecule has 1 N–H and O–H groups in total. The smallest absolute Gasteiger partial charge is 0.276 e. The predicted octanol–water partition coefficient (Wildman–Crippen LogP) is -0.202. The number of rotatable bonds is 3. The van der Waals surface area contributed by atoms with Gasteiger partial charge in [-0.1, -0.05) is 0 Å². The van der Waals surface area contributed by atoms with Gasteiger partial charge in [0.25, 0.3) is 11.5 Å². The van der Waals surface area contributed by atoms with Gasteiger partial charge in [-0.3, -0.25) is 19.5 Å². The van der Waals surface area contributed by atoms with Crippen molar-refractivity contribution in [2.45, 2.75) is 6.92 Å². The van der Waals surface area contributed by atoms with Gasteiger partial charge in [0.2, 0.25) is 5.95 Å². The minimum absolute atomic E-state index is 0.111. The lowest BCUT2D eigenvalue weighted by Gasteiger charge is -2.33. The summed E-state index contributed by atoms with van der Waals surface area (Å²) in [4.78, 5) is 31.5. The molecule has 10 heteroatoms. The fraction of sp³-hybridized carbons (Fsp3) is 0.353. The van der Waals surface area contributed by atoms with Crippen molar-refractivity contribution in [2.24, 2.45) is 0 Å². The number of piperazine rings is 1. The Morgan fingerprint density at radius 2 is 2.11 bits per heavy atom. The summed E-state index contributed by atoms with van der Waals surface area (Å²) in [6.07, 6.45) is 3.18. The highest BCUT2D eigenvalue weighted by molar-refractivity contribution is 5.95. The molecule has 3 aromatic heterocycles. The van der Waals surface area contributed by atoms with Crippen LogP contribution in [0, 0.1) is 18.3 Å². The van der Waals surface area contributed by atoms with Crippen molar-refractivity contribution in [3.63, 3.8) is 0 Å². The van der Waals surface area contributed by atoms with Crippen molar-refractivity contribution in [3.05, 3.63) is 46.1 Å². The molecular weight excluding hydrogens is 348 g/mol. The molecule has 0 aromatic carbocycles. The Hall–Kier alpha value is -3.45. The van der Waals surface area contributed by atoms with E-state index in [-0.39, 0.29) is 17.4 Å². The number of aromatic amines is 1. The Bertz CT molecular complexity index is 1090. The maximum absolute atomic E-state index is 12.9. The molecule has 0 unspecified atom stereocenters. The van der Waals surface area contributed by atoms with Gasteiger partial charge in [-0.15, -0.1) is 5.10 Å². The first-order valence-electron chi connectivity index (χ1n) is 8.59. The number of carbonyl (C=O) groups excluding carboxylic acids is 1. The summed E-state index contributed by atoms with van der Waals surface area (Å²) in [6, 6.07) is 5.54. The summed E-state index contributed by atoms with van der Waals surface area (Å²) >= 11 is 0. The largest absolute Gasteiger partial charge is 0.336 e. The highest BCUT2D eigenvalue weighted by atomic mass is 16.2. The monoisotopic (exact) mass is 366 g/mol. The molecule has 1 amide bonds. The summed E-state index contributed by atoms with van der Waals surface area (Å²) in [6.45, 7) is 4.62. The Kier molecular flexibility index (Phi) is 4.21. The molecule has 3 aromatic rings. The molecule has 27 heavy (non-hydrogen) atoms. The molecular formula is C17H18N8O2. The van der Waals surface area contributed by atoms with Crippen LogP contribution in [0.15, 0.2) is 29.3 Å². The van der Waals surface area contributed by atoms with Crippen molar-refractivity contribution in [2.75, 3.05) is 32.7 Å². The van der Waals surface area contributed by atoms with Crippen LogP contribution < -0.4 is 5.56 Å². The predicted molar refractivity (Wildman–Crippen MR) is 95.6 cm³/mol. The van der Waals surface area contributed by atoms with Gasteiger partial charge in [-0.05, 0) is 19.1 Å². The lowest BCUT2D eigenvalue weighted by molar-refractivity contribution is 0.0651. The van der Waals surface area contributed by atoms with Gasteiger partial charge in [0.05, 0.1) is 30.1 Å². The van der Waals surface area contributed by atoms with Crippen LogP contribution >= 0.6 is 0 Å². The summed E-state index contributed by atoms with van der Waals surface area (Å²) in [7, 11) is 0. The van der Waals surface area contributed by atoms with Crippen LogP contribution in [0.25, 0.3) is 11.5 Å². The van der Waals surface area contributed by atoms with E-state index in [1.807, 2.05) is 4.90 Å². The number of hydrogen-bond donors (Lipinski definition) is 1. The van der Waals surface area contributed by atoms with Crippen LogP contribution in [0.5, 0.6) is 0 Å². The number of nitrogens with one attached hydrogen (secondary N) is 1. The quantitative estimate of drug-likeness (QED) is 0.642. The van der Waals surface area contributed by atoms with Gasteiger partial charge < -0.3 is 4.90 Å². The summed E-state index contributed by atoms with van der Waals surface area (Å²) < 4.78 is 2.94. The highest BCUT2D eigenvalue weighted by Crippen LogP contribution is 2.15. The van der Waals surface area contributed by atoms with E-state index >= 15 is 0 Å². The number of fused-ring (bicyclic) bond motifs is 1. The number of aromatic nitrogens is 5. The maximum Gasteiger partial charge on any atom is 0.276 e. The van der Waals surface area contributed by atoms with E-state index in [0.717, 1.165) is 0 Å². The van der Waals surface area contributed by atoms with E-state index in [1.54, 1.807) is 30.2 Å². The first-order chi connectivity index (χ1) is 13.1. The lowest BCUT2D eigenvalue weighted by Crippen LogP contribution is -2.48. The van der Waals surface area contributed by atoms with E-state index in [0.29, 0.717) is 49.5 Å². The maximum atomic E-state index is 12.9. The molecule has 0 spiro atoms. The molecule has 0 atom stereocenters. The number of hydrogen-bond acceptors (Lipinski definition) is 6. The second-order valence-electron chi connectivity index (χ2n) is 6.40. The minimum atomic E-state index is -0.276. The molecule has 0 saturated carbocycles. The number of carbonyl (C=O) groups is 1. The van der Waals surface area contributed by atoms with Gasteiger partial charge >= 0.3 is 0 Å². The fourth-order valence-electron chi connectivity index (χ4n) is 3.24. The fourth-order valence-corrected chi connectivity index (χ4v) is 3.24. The van der Waals surface area contributed by atoms with Crippen LogP contribution in [-0.4, -0.2) is 72.8 Å². The van der Waals surface area contributed by atoms with Crippen LogP contribution in [0.3, 0.4) is 0 Å². The second-order valence-corrected chi connectivity index (χ2v) is 6.40. The van der Waals surface area contributed by atoms with E-state index in [1.165, 1.54) is 15.4 Å². The van der Waals surface area contributed by atoms with Crippen LogP contribution in [-0.2, 0) is 0 Å². The molecule has 1 fully saturated rings. The summed E-state index contributed by atoms with van der Waals surface area (Å²) in [5.41, 5.74) is 1.24. The minimum Gasteiger partial charge on any atom is -0.336 e. The van der Waals surface area contributed by atoms with Crippen LogP contribution in [0.4, 0.5) is 0 Å². The van der Waals surface area contributed by atoms with Gasteiger partial charge in [-0.25, -0.2) is 9.20 Å². The lowest BCUT2D eigenvalue weighted by atomic mass is 10.2. The average Bonchev–Trinajstić information content (AvgIpc) is 3.29. The Labute approximate surface area is 154 Å². The van der Waals surface area contributed by atoms with E-state index in [9.17, 15) is 9.59 Å². The zero-order chi connectivity index (χ0) is 19.0. The average molecular weight is 366 g/mol. The third kappa shape index (κ3) is 2.98. The van der Waals surface area contributed by atoms with Crippen molar-refractivity contribution < 1.29 is 4.79 Å². The molecule has 1 saturated heterocycles. The Balaban J connectivity index is 1.59. The molecule has 4 rings (SSSR count). The molecule has 0 bridgehead atoms. The van der Waals surface area contributed by atoms with Crippen molar-refractivity contribution in [3.8, 4) is 12.0 Å². The highest BCUT2D eigenvalue weighted by Gasteiger charge is 2.25. The number of H-pyrrole nitrogens is 1. The molecule has 4 heterocycles. The summed E-state index contributed by atoms with van der Waals surface area (Å²) in [5.74, 6) is 0.138. The van der Waals surface area contributed by atoms with Crippen molar-refractivity contribution >= 4 is 11.4 Å². The van der Waals surface area contributed by atoms with Crippen molar-refractivity contribution in [1.29, 1.82) is 5.26 Å². The first-order valence-corrected chi connectivity index (χ1v) is 8.59. The molecule has 1 aliphatic rings. The molecule has 0 aliphatic carbocycles. The van der Waals surface area contributed by atoms with Crippen LogP contribution in [0.1, 0.15) is 16.1 Å². The third-order valence-electron chi connectivity index (χ3n) is 4.78. The standard InChI is InChI=1S/C17H18N8O2/c1-12-13(16(27)23-9-7-22(6-4-18)8-10-23)11-19-25(12)17-20-15(26)14-3-2-5-24(14)21-17/h2-3,5,11H,6-10H2,1H3,(H,20,21,26). The number of amides is 1. The van der Waals surface area contributed by atoms with Gasteiger partial charge in [0, 0.05) is 32.4 Å². The summed E-state index contributed by atoms with van der Waals surface area (Å²) in [5, 5.41) is 17.4. The third-order valence-corrected chi connectivity index (χ3v) is 4.78. The normalized spacial score (nSPS) is 15.2. The van der Waals surface area contributed by atoms with E-state index in [2.05, 4.69) is 21.3 Å². The topological polar surface area (TPSA) is 115 Å². The zero-order valence-electron chi connectivity index (χ0n) is 14.8. The SMILES string of the molecule is Cc1c(C(=O)N2CCN(CC#N)CC2)cnn1-c1nn2cccc2c(=O)[nH]1. The number of nitriles is 1. The molecule has 1 aliphatic heterocycles. The van der Waals surface area contributed by atoms with Gasteiger partial charge in [0.1, 0.15) is 5.52 Å². The molecule has 0 radical (unpaired) electrons. The van der Waals surface area contributed by atoms with E-state index in [4.69, 9.17) is 5.26 Å². The number of nitrogens with zero attached hydrogens (tertiary/aromatic N) is 7. The molecule has 138 valence electrons. The van der Waals surface area contributed by atoms with E-state index < -0.39 is 0 Å². The van der Waals surface area contributed by atoms with Gasteiger partial charge in [0.15, 0.2) is 0 Å². The second kappa shape index (κ2) is 6.69. The van der Waals surface area contributed by atoms with Gasteiger partial charge in [-0.2, -0.15) is 10.4 Å². The Morgan fingerprint density at radius 1 is 1.33 bits per heavy atom. The zero-order valence-corrected chi connectivity index (χ0v) is 14.8. The van der Waals surface area contributed by atoms with Crippen molar-refractivity contribution in [1.82, 2.24) is 34.2 Å². The van der Waals surface area contributed by atoms with Crippen LogP contribution in [0.2, 0.25) is 0 Å².